The number of H-pyrrole nitrogens is 1. The van der Waals surface area contributed by atoms with Gasteiger partial charge in [0.25, 0.3) is 5.56 Å². The molecule has 2 aliphatic rings. The van der Waals surface area contributed by atoms with Gasteiger partial charge in [-0.05, 0) is 73.5 Å². The van der Waals surface area contributed by atoms with E-state index in [0.717, 1.165) is 61.2 Å². The lowest BCUT2D eigenvalue weighted by Gasteiger charge is -2.27. The average Bonchev–Trinajstić information content (AvgIpc) is 3.50. The number of nitrogens with zero attached hydrogens (tertiary/aromatic N) is 5. The second-order valence-corrected chi connectivity index (χ2v) is 8.07. The fraction of sp³-hybridized carbons (Fsp3) is 0.524. The molecule has 1 aromatic carbocycles. The van der Waals surface area contributed by atoms with Gasteiger partial charge in [0, 0.05) is 16.5 Å². The number of fused-ring (bicyclic) bond motifs is 1. The van der Waals surface area contributed by atoms with Crippen LogP contribution in [-0.4, -0.2) is 50.3 Å². The summed E-state index contributed by atoms with van der Waals surface area (Å²) >= 11 is 0. The first-order valence-corrected chi connectivity index (χ1v) is 10.5. The maximum absolute atomic E-state index is 13.1. The van der Waals surface area contributed by atoms with E-state index in [2.05, 4.69) is 25.4 Å². The van der Waals surface area contributed by atoms with E-state index in [1.165, 1.54) is 12.8 Å². The highest BCUT2D eigenvalue weighted by atomic mass is 16.5. The van der Waals surface area contributed by atoms with Gasteiger partial charge in [-0.25, -0.2) is 4.68 Å². The summed E-state index contributed by atoms with van der Waals surface area (Å²) in [5, 5.41) is 13.7. The van der Waals surface area contributed by atoms with Crippen LogP contribution in [0.25, 0.3) is 10.9 Å². The number of hydrogen-bond donors (Lipinski definition) is 1. The van der Waals surface area contributed by atoms with Crippen molar-refractivity contribution in [3.8, 4) is 5.75 Å². The molecule has 2 fully saturated rings. The lowest BCUT2D eigenvalue weighted by Crippen LogP contribution is -2.33. The number of methoxy groups -OCH3 is 1. The van der Waals surface area contributed by atoms with Crippen molar-refractivity contribution in [3.05, 3.63) is 46.0 Å². The summed E-state index contributed by atoms with van der Waals surface area (Å²) in [7, 11) is 1.65. The first kappa shape index (κ1) is 18.3. The van der Waals surface area contributed by atoms with E-state index in [1.807, 2.05) is 28.9 Å². The van der Waals surface area contributed by atoms with Crippen LogP contribution >= 0.6 is 0 Å². The molecule has 0 radical (unpaired) electrons. The predicted molar refractivity (Wildman–Crippen MR) is 109 cm³/mol. The first-order chi connectivity index (χ1) is 14.2. The monoisotopic (exact) mass is 394 g/mol. The quantitative estimate of drug-likeness (QED) is 0.716. The van der Waals surface area contributed by atoms with Crippen molar-refractivity contribution in [2.24, 2.45) is 0 Å². The summed E-state index contributed by atoms with van der Waals surface area (Å²) in [6, 6.07) is 7.75. The Morgan fingerprint density at radius 3 is 2.69 bits per heavy atom. The zero-order chi connectivity index (χ0) is 19.8. The third-order valence-corrected chi connectivity index (χ3v) is 6.31. The van der Waals surface area contributed by atoms with E-state index >= 15 is 0 Å². The van der Waals surface area contributed by atoms with Crippen LogP contribution in [0.15, 0.2) is 29.1 Å². The molecule has 0 unspecified atom stereocenters. The number of aromatic nitrogens is 5. The predicted octanol–water partition coefficient (Wildman–Crippen LogP) is 2.82. The number of aromatic amines is 1. The van der Waals surface area contributed by atoms with Crippen LogP contribution in [0.1, 0.15) is 62.0 Å². The highest BCUT2D eigenvalue weighted by Gasteiger charge is 2.34. The van der Waals surface area contributed by atoms with E-state index in [1.54, 1.807) is 7.11 Å². The Morgan fingerprint density at radius 1 is 1.14 bits per heavy atom. The Labute approximate surface area is 168 Å². The van der Waals surface area contributed by atoms with Crippen molar-refractivity contribution in [2.45, 2.75) is 50.6 Å². The van der Waals surface area contributed by atoms with Gasteiger partial charge in [0.15, 0.2) is 5.82 Å². The standard InChI is InChI=1S/C21H26N6O2/c1-29-16-8-9-18-14(12-16)13-17(21(28)22-18)19(26-10-4-5-11-26)20-23-24-25-27(20)15-6-2-3-7-15/h8-9,12-13,15,19H,2-7,10-11H2,1H3,(H,22,28)/t19-/m1/s1. The fourth-order valence-corrected chi connectivity index (χ4v) is 4.82. The molecule has 8 heteroatoms. The minimum Gasteiger partial charge on any atom is -0.497 e. The zero-order valence-electron chi connectivity index (χ0n) is 16.7. The van der Waals surface area contributed by atoms with Crippen LogP contribution in [0.3, 0.4) is 0 Å². The minimum absolute atomic E-state index is 0.0828. The van der Waals surface area contributed by atoms with E-state index in [4.69, 9.17) is 4.74 Å². The van der Waals surface area contributed by atoms with Gasteiger partial charge in [-0.15, -0.1) is 5.10 Å². The normalized spacial score (nSPS) is 19.2. The number of rotatable bonds is 5. The van der Waals surface area contributed by atoms with Gasteiger partial charge in [-0.3, -0.25) is 9.69 Å². The molecule has 1 atom stereocenters. The molecule has 0 amide bonds. The topological polar surface area (TPSA) is 88.9 Å². The summed E-state index contributed by atoms with van der Waals surface area (Å²) in [5.74, 6) is 1.55. The highest BCUT2D eigenvalue weighted by Crippen LogP contribution is 2.35. The molecule has 3 heterocycles. The number of pyridine rings is 1. The second kappa shape index (κ2) is 7.59. The van der Waals surface area contributed by atoms with E-state index < -0.39 is 0 Å². The SMILES string of the molecule is COc1ccc2[nH]c(=O)c([C@H](c3nnnn3C3CCCC3)N3CCCC3)cc2c1. The maximum Gasteiger partial charge on any atom is 0.253 e. The van der Waals surface area contributed by atoms with Crippen molar-refractivity contribution in [2.75, 3.05) is 20.2 Å². The van der Waals surface area contributed by atoms with Gasteiger partial charge in [0.1, 0.15) is 11.8 Å². The number of benzene rings is 1. The Balaban J connectivity index is 1.65. The molecule has 3 aromatic rings. The van der Waals surface area contributed by atoms with Crippen molar-refractivity contribution in [3.63, 3.8) is 0 Å². The molecule has 152 valence electrons. The van der Waals surface area contributed by atoms with Crippen LogP contribution in [-0.2, 0) is 0 Å². The van der Waals surface area contributed by atoms with Crippen molar-refractivity contribution < 1.29 is 4.74 Å². The number of ether oxygens (including phenoxy) is 1. The summed E-state index contributed by atoms with van der Waals surface area (Å²) in [6.07, 6.45) is 6.84. The molecule has 1 saturated carbocycles. The lowest BCUT2D eigenvalue weighted by atomic mass is 10.0. The zero-order valence-corrected chi connectivity index (χ0v) is 16.7. The maximum atomic E-state index is 13.1. The van der Waals surface area contributed by atoms with E-state index in [-0.39, 0.29) is 11.6 Å². The molecule has 5 rings (SSSR count). The smallest absolute Gasteiger partial charge is 0.253 e. The van der Waals surface area contributed by atoms with Crippen LogP contribution in [0.4, 0.5) is 0 Å². The molecule has 8 nitrogen and oxygen atoms in total. The molecule has 2 aromatic heterocycles. The van der Waals surface area contributed by atoms with Gasteiger partial charge in [-0.2, -0.15) is 0 Å². The van der Waals surface area contributed by atoms with Crippen molar-refractivity contribution >= 4 is 10.9 Å². The Kier molecular flexibility index (Phi) is 4.79. The fourth-order valence-electron chi connectivity index (χ4n) is 4.82. The Morgan fingerprint density at radius 2 is 1.93 bits per heavy atom. The molecular formula is C21H26N6O2. The molecule has 0 bridgehead atoms. The summed E-state index contributed by atoms with van der Waals surface area (Å²) in [4.78, 5) is 18.5. The van der Waals surface area contributed by atoms with E-state index in [0.29, 0.717) is 11.6 Å². The van der Waals surface area contributed by atoms with E-state index in [9.17, 15) is 4.79 Å². The highest BCUT2D eigenvalue weighted by molar-refractivity contribution is 5.80. The average molecular weight is 394 g/mol. The molecule has 1 aliphatic carbocycles. The molecule has 29 heavy (non-hydrogen) atoms. The van der Waals surface area contributed by atoms with Crippen LogP contribution in [0.5, 0.6) is 5.75 Å². The Hall–Kier alpha value is -2.74. The van der Waals surface area contributed by atoms with Gasteiger partial charge < -0.3 is 9.72 Å². The second-order valence-electron chi connectivity index (χ2n) is 8.07. The summed E-state index contributed by atoms with van der Waals surface area (Å²) in [6.45, 7) is 1.88. The van der Waals surface area contributed by atoms with Gasteiger partial charge in [-0.1, -0.05) is 12.8 Å². The van der Waals surface area contributed by atoms with Crippen LogP contribution in [0, 0.1) is 0 Å². The van der Waals surface area contributed by atoms with Crippen LogP contribution < -0.4 is 10.3 Å². The number of likely N-dealkylation sites (tertiary alicyclic amines) is 1. The van der Waals surface area contributed by atoms with Gasteiger partial charge >= 0.3 is 0 Å². The van der Waals surface area contributed by atoms with Gasteiger partial charge in [0.2, 0.25) is 0 Å². The number of tetrazole rings is 1. The third kappa shape index (κ3) is 3.31. The first-order valence-electron chi connectivity index (χ1n) is 10.5. The minimum atomic E-state index is -0.243. The Bertz CT molecular complexity index is 1060. The van der Waals surface area contributed by atoms with Gasteiger partial charge in [0.05, 0.1) is 13.2 Å². The summed E-state index contributed by atoms with van der Waals surface area (Å²) < 4.78 is 7.35. The molecule has 1 N–H and O–H groups in total. The van der Waals surface area contributed by atoms with Crippen molar-refractivity contribution in [1.82, 2.24) is 30.1 Å². The number of hydrogen-bond acceptors (Lipinski definition) is 6. The summed E-state index contributed by atoms with van der Waals surface area (Å²) in [5.41, 5.74) is 1.41. The third-order valence-electron chi connectivity index (χ3n) is 6.31. The number of nitrogens with one attached hydrogen (secondary N) is 1. The van der Waals surface area contributed by atoms with Crippen LogP contribution in [0.2, 0.25) is 0 Å². The largest absolute Gasteiger partial charge is 0.497 e. The molecule has 0 spiro atoms. The lowest BCUT2D eigenvalue weighted by molar-refractivity contribution is 0.256. The molecule has 1 saturated heterocycles. The molecule has 1 aliphatic heterocycles. The molecular weight excluding hydrogens is 368 g/mol. The van der Waals surface area contributed by atoms with Crippen molar-refractivity contribution in [1.29, 1.82) is 0 Å².